The summed E-state index contributed by atoms with van der Waals surface area (Å²) in [5.41, 5.74) is 6.05. The van der Waals surface area contributed by atoms with Gasteiger partial charge >= 0.3 is 0 Å². The van der Waals surface area contributed by atoms with E-state index in [4.69, 9.17) is 5.73 Å². The van der Waals surface area contributed by atoms with Crippen LogP contribution in [0.25, 0.3) is 0 Å². The molecule has 1 aromatic rings. The third-order valence-electron chi connectivity index (χ3n) is 4.28. The molecule has 7 nitrogen and oxygen atoms in total. The second kappa shape index (κ2) is 6.80. The number of hydrogen-bond acceptors (Lipinski definition) is 4. The maximum absolute atomic E-state index is 12.5. The third kappa shape index (κ3) is 3.50. The van der Waals surface area contributed by atoms with Gasteiger partial charge in [-0.3, -0.25) is 4.79 Å². The van der Waals surface area contributed by atoms with Crippen LogP contribution >= 0.6 is 0 Å². The minimum atomic E-state index is -3.68. The molecule has 4 N–H and O–H groups in total. The van der Waals surface area contributed by atoms with Crippen LogP contribution in [0.3, 0.4) is 0 Å². The van der Waals surface area contributed by atoms with Gasteiger partial charge in [-0.1, -0.05) is 12.8 Å². The van der Waals surface area contributed by atoms with E-state index in [1.807, 2.05) is 0 Å². The Balaban J connectivity index is 2.20. The molecule has 22 heavy (non-hydrogen) atoms. The standard InChI is InChI=1S/C14H24N4O3S/c1-16-14(19)13-7-11(9-18(13)2)22(20,21)17-12(8-15)10-5-3-4-6-10/h7,9-10,12,17H,3-6,8,15H2,1-2H3,(H,16,19). The van der Waals surface area contributed by atoms with Crippen molar-refractivity contribution in [1.82, 2.24) is 14.6 Å². The van der Waals surface area contributed by atoms with Crippen LogP contribution < -0.4 is 15.8 Å². The lowest BCUT2D eigenvalue weighted by Crippen LogP contribution is -2.44. The van der Waals surface area contributed by atoms with E-state index in [0.29, 0.717) is 11.6 Å². The van der Waals surface area contributed by atoms with Crippen molar-refractivity contribution in [3.05, 3.63) is 18.0 Å². The zero-order valence-corrected chi connectivity index (χ0v) is 13.8. The minimum absolute atomic E-state index is 0.0880. The van der Waals surface area contributed by atoms with Gasteiger partial charge in [0.15, 0.2) is 0 Å². The number of aromatic nitrogens is 1. The maximum atomic E-state index is 12.5. The van der Waals surface area contributed by atoms with E-state index in [0.717, 1.165) is 25.7 Å². The van der Waals surface area contributed by atoms with Crippen molar-refractivity contribution in [1.29, 1.82) is 0 Å². The Morgan fingerprint density at radius 3 is 2.64 bits per heavy atom. The summed E-state index contributed by atoms with van der Waals surface area (Å²) in [6, 6.07) is 1.12. The molecule has 1 unspecified atom stereocenters. The van der Waals surface area contributed by atoms with Crippen molar-refractivity contribution in [3.8, 4) is 0 Å². The highest BCUT2D eigenvalue weighted by molar-refractivity contribution is 7.89. The summed E-state index contributed by atoms with van der Waals surface area (Å²) in [5.74, 6) is -0.0305. The average molecular weight is 328 g/mol. The number of nitrogens with zero attached hydrogens (tertiary/aromatic N) is 1. The topological polar surface area (TPSA) is 106 Å². The molecule has 0 radical (unpaired) electrons. The monoisotopic (exact) mass is 328 g/mol. The van der Waals surface area contributed by atoms with Gasteiger partial charge < -0.3 is 15.6 Å². The van der Waals surface area contributed by atoms with E-state index in [1.165, 1.54) is 23.9 Å². The number of carbonyl (C=O) groups excluding carboxylic acids is 1. The summed E-state index contributed by atoms with van der Waals surface area (Å²) in [4.78, 5) is 11.8. The number of nitrogens with two attached hydrogens (primary N) is 1. The molecule has 8 heteroatoms. The molecule has 0 spiro atoms. The van der Waals surface area contributed by atoms with Crippen molar-refractivity contribution in [2.45, 2.75) is 36.6 Å². The summed E-state index contributed by atoms with van der Waals surface area (Å²) < 4.78 is 29.2. The predicted octanol–water partition coefficient (Wildman–Crippen LogP) is 0.181. The third-order valence-corrected chi connectivity index (χ3v) is 5.74. The fraction of sp³-hybridized carbons (Fsp3) is 0.643. The molecular weight excluding hydrogens is 304 g/mol. The zero-order chi connectivity index (χ0) is 16.3. The Hall–Kier alpha value is -1.38. The first-order valence-corrected chi connectivity index (χ1v) is 8.98. The molecule has 1 aliphatic rings. The van der Waals surface area contributed by atoms with E-state index in [1.54, 1.807) is 7.05 Å². The van der Waals surface area contributed by atoms with Crippen molar-refractivity contribution in [3.63, 3.8) is 0 Å². The van der Waals surface area contributed by atoms with Crippen molar-refractivity contribution in [2.75, 3.05) is 13.6 Å². The van der Waals surface area contributed by atoms with Crippen LogP contribution in [0.15, 0.2) is 17.2 Å². The lowest BCUT2D eigenvalue weighted by molar-refractivity contribution is 0.0955. The molecule has 1 saturated carbocycles. The Bertz CT molecular complexity index is 633. The maximum Gasteiger partial charge on any atom is 0.267 e. The summed E-state index contributed by atoms with van der Waals surface area (Å²) in [6.45, 7) is 0.277. The lowest BCUT2D eigenvalue weighted by Gasteiger charge is -2.22. The van der Waals surface area contributed by atoms with E-state index in [-0.39, 0.29) is 23.4 Å². The largest absolute Gasteiger partial charge is 0.354 e. The molecule has 1 amide bonds. The molecule has 1 fully saturated rings. The first-order chi connectivity index (χ1) is 10.4. The molecule has 0 aliphatic heterocycles. The SMILES string of the molecule is CNC(=O)c1cc(S(=O)(=O)NC(CN)C2CCCC2)cn1C. The van der Waals surface area contributed by atoms with E-state index in [2.05, 4.69) is 10.0 Å². The fourth-order valence-corrected chi connectivity index (χ4v) is 4.39. The average Bonchev–Trinajstić information content (AvgIpc) is 3.13. The van der Waals surface area contributed by atoms with E-state index < -0.39 is 10.0 Å². The highest BCUT2D eigenvalue weighted by Crippen LogP contribution is 2.28. The summed E-state index contributed by atoms with van der Waals surface area (Å²) >= 11 is 0. The van der Waals surface area contributed by atoms with Crippen LogP contribution in [0, 0.1) is 5.92 Å². The van der Waals surface area contributed by atoms with Crippen molar-refractivity contribution >= 4 is 15.9 Å². The molecule has 1 heterocycles. The minimum Gasteiger partial charge on any atom is -0.354 e. The molecule has 2 rings (SSSR count). The van der Waals surface area contributed by atoms with Gasteiger partial charge in [-0.2, -0.15) is 0 Å². The van der Waals surface area contributed by atoms with Crippen LogP contribution in [0.1, 0.15) is 36.2 Å². The Labute approximate surface area is 131 Å². The number of hydrogen-bond donors (Lipinski definition) is 3. The number of amides is 1. The zero-order valence-electron chi connectivity index (χ0n) is 13.0. The predicted molar refractivity (Wildman–Crippen MR) is 83.9 cm³/mol. The first kappa shape index (κ1) is 17.0. The van der Waals surface area contributed by atoms with Gasteiger partial charge in [0.05, 0.1) is 0 Å². The Morgan fingerprint density at radius 1 is 1.45 bits per heavy atom. The summed E-state index contributed by atoms with van der Waals surface area (Å²) in [6.07, 6.45) is 5.69. The summed E-state index contributed by atoms with van der Waals surface area (Å²) in [5, 5.41) is 2.49. The fourth-order valence-electron chi connectivity index (χ4n) is 3.00. The van der Waals surface area contributed by atoms with Gasteiger partial charge in [-0.15, -0.1) is 0 Å². The van der Waals surface area contributed by atoms with Crippen LogP contribution in [0.5, 0.6) is 0 Å². The molecule has 1 aliphatic carbocycles. The highest BCUT2D eigenvalue weighted by atomic mass is 32.2. The van der Waals surface area contributed by atoms with Gasteiger partial charge in [0.2, 0.25) is 10.0 Å². The lowest BCUT2D eigenvalue weighted by atomic mass is 9.99. The molecule has 124 valence electrons. The van der Waals surface area contributed by atoms with Crippen LogP contribution in [-0.2, 0) is 17.1 Å². The second-order valence-corrected chi connectivity index (χ2v) is 7.47. The number of rotatable bonds is 6. The van der Waals surface area contributed by atoms with E-state index in [9.17, 15) is 13.2 Å². The van der Waals surface area contributed by atoms with Crippen LogP contribution in [0.2, 0.25) is 0 Å². The van der Waals surface area contributed by atoms with Crippen molar-refractivity contribution < 1.29 is 13.2 Å². The van der Waals surface area contributed by atoms with Crippen molar-refractivity contribution in [2.24, 2.45) is 18.7 Å². The summed E-state index contributed by atoms with van der Waals surface area (Å²) in [7, 11) is -0.537. The molecule has 1 atom stereocenters. The first-order valence-electron chi connectivity index (χ1n) is 7.50. The number of aryl methyl sites for hydroxylation is 1. The molecular formula is C14H24N4O3S. The quantitative estimate of drug-likeness (QED) is 0.692. The molecule has 0 saturated heterocycles. The molecule has 1 aromatic heterocycles. The van der Waals surface area contributed by atoms with Crippen LogP contribution in [-0.4, -0.2) is 38.5 Å². The second-order valence-electron chi connectivity index (χ2n) is 5.76. The van der Waals surface area contributed by atoms with Gasteiger partial charge in [-0.05, 0) is 24.8 Å². The van der Waals surface area contributed by atoms with Gasteiger partial charge in [0, 0.05) is 32.9 Å². The molecule has 0 aromatic carbocycles. The number of nitrogens with one attached hydrogen (secondary N) is 2. The molecule has 0 bridgehead atoms. The van der Waals surface area contributed by atoms with E-state index >= 15 is 0 Å². The normalized spacial score (nSPS) is 17.6. The van der Waals surface area contributed by atoms with Gasteiger partial charge in [0.25, 0.3) is 5.91 Å². The van der Waals surface area contributed by atoms with Gasteiger partial charge in [-0.25, -0.2) is 13.1 Å². The Kier molecular flexibility index (Phi) is 5.25. The smallest absolute Gasteiger partial charge is 0.267 e. The number of sulfonamides is 1. The van der Waals surface area contributed by atoms with Gasteiger partial charge in [0.1, 0.15) is 10.6 Å². The number of carbonyl (C=O) groups is 1. The van der Waals surface area contributed by atoms with Crippen LogP contribution in [0.4, 0.5) is 0 Å². The Morgan fingerprint density at radius 2 is 2.09 bits per heavy atom. The highest BCUT2D eigenvalue weighted by Gasteiger charge is 2.29.